The van der Waals surface area contributed by atoms with Crippen molar-refractivity contribution in [2.24, 2.45) is 0 Å². The normalized spacial score (nSPS) is 11.2. The maximum absolute atomic E-state index is 11.0. The minimum atomic E-state index is -0.508. The van der Waals surface area contributed by atoms with E-state index in [0.29, 0.717) is 11.5 Å². The summed E-state index contributed by atoms with van der Waals surface area (Å²) >= 11 is 0. The fraction of sp³-hybridized carbons (Fsp3) is 0.312. The van der Waals surface area contributed by atoms with Crippen molar-refractivity contribution < 1.29 is 18.9 Å². The standard InChI is InChI=1S/C16H18N2O5/c1-10(2)22-13-7-5-12(9-15(13)21-4)6-8-14-16(18(19)20)11(3)17-23-14/h5-10H,1-4H3. The van der Waals surface area contributed by atoms with Gasteiger partial charge < -0.3 is 14.0 Å². The smallest absolute Gasteiger partial charge is 0.338 e. The van der Waals surface area contributed by atoms with Gasteiger partial charge in [0, 0.05) is 0 Å². The number of aromatic nitrogens is 1. The van der Waals surface area contributed by atoms with E-state index in [-0.39, 0.29) is 23.2 Å². The third-order valence-electron chi connectivity index (χ3n) is 3.02. The van der Waals surface area contributed by atoms with Crippen LogP contribution in [0.25, 0.3) is 12.2 Å². The lowest BCUT2D eigenvalue weighted by molar-refractivity contribution is -0.386. The minimum Gasteiger partial charge on any atom is -0.493 e. The number of nitro groups is 1. The van der Waals surface area contributed by atoms with E-state index in [1.165, 1.54) is 13.0 Å². The molecule has 7 heteroatoms. The second-order valence-electron chi connectivity index (χ2n) is 5.15. The fourth-order valence-electron chi connectivity index (χ4n) is 2.02. The van der Waals surface area contributed by atoms with Gasteiger partial charge in [0.1, 0.15) is 0 Å². The molecular formula is C16H18N2O5. The van der Waals surface area contributed by atoms with Gasteiger partial charge in [-0.3, -0.25) is 10.1 Å². The van der Waals surface area contributed by atoms with Gasteiger partial charge in [0.2, 0.25) is 5.76 Å². The van der Waals surface area contributed by atoms with Crippen LogP contribution in [0.4, 0.5) is 5.69 Å². The second kappa shape index (κ2) is 6.95. The zero-order valence-electron chi connectivity index (χ0n) is 13.4. The maximum Gasteiger partial charge on any atom is 0.338 e. The van der Waals surface area contributed by atoms with E-state index in [1.807, 2.05) is 19.9 Å². The van der Waals surface area contributed by atoms with Crippen LogP contribution in [0.5, 0.6) is 11.5 Å². The van der Waals surface area contributed by atoms with Crippen molar-refractivity contribution in [3.05, 3.63) is 45.3 Å². The van der Waals surface area contributed by atoms with Crippen LogP contribution in [-0.2, 0) is 0 Å². The molecule has 1 aromatic heterocycles. The number of benzene rings is 1. The second-order valence-corrected chi connectivity index (χ2v) is 5.15. The first-order chi connectivity index (χ1) is 10.9. The number of hydrogen-bond donors (Lipinski definition) is 0. The summed E-state index contributed by atoms with van der Waals surface area (Å²) < 4.78 is 15.9. The highest BCUT2D eigenvalue weighted by atomic mass is 16.6. The fourth-order valence-corrected chi connectivity index (χ4v) is 2.02. The Bertz CT molecular complexity index is 734. The summed E-state index contributed by atoms with van der Waals surface area (Å²) in [5.41, 5.74) is 0.905. The monoisotopic (exact) mass is 318 g/mol. The third kappa shape index (κ3) is 3.88. The molecule has 23 heavy (non-hydrogen) atoms. The zero-order valence-corrected chi connectivity index (χ0v) is 13.4. The molecule has 1 aromatic carbocycles. The molecule has 0 aliphatic heterocycles. The zero-order chi connectivity index (χ0) is 17.0. The number of methoxy groups -OCH3 is 1. The van der Waals surface area contributed by atoms with Crippen molar-refractivity contribution in [1.82, 2.24) is 5.16 Å². The van der Waals surface area contributed by atoms with Crippen molar-refractivity contribution in [3.8, 4) is 11.5 Å². The van der Waals surface area contributed by atoms with Gasteiger partial charge in [0.15, 0.2) is 17.2 Å². The van der Waals surface area contributed by atoms with Crippen molar-refractivity contribution in [3.63, 3.8) is 0 Å². The summed E-state index contributed by atoms with van der Waals surface area (Å²) in [4.78, 5) is 10.5. The molecule has 2 aromatic rings. The van der Waals surface area contributed by atoms with Gasteiger partial charge in [-0.2, -0.15) is 0 Å². The molecule has 7 nitrogen and oxygen atoms in total. The summed E-state index contributed by atoms with van der Waals surface area (Å²) in [6, 6.07) is 5.40. The Labute approximate surface area is 133 Å². The van der Waals surface area contributed by atoms with Crippen LogP contribution in [0.15, 0.2) is 22.7 Å². The number of ether oxygens (including phenoxy) is 2. The molecule has 0 fully saturated rings. The maximum atomic E-state index is 11.0. The lowest BCUT2D eigenvalue weighted by Gasteiger charge is -2.13. The Hall–Kier alpha value is -2.83. The Morgan fingerprint density at radius 1 is 1.30 bits per heavy atom. The van der Waals surface area contributed by atoms with Crippen molar-refractivity contribution in [2.75, 3.05) is 7.11 Å². The first-order valence-electron chi connectivity index (χ1n) is 7.05. The minimum absolute atomic E-state index is 0.0325. The Morgan fingerprint density at radius 2 is 2.04 bits per heavy atom. The van der Waals surface area contributed by atoms with Gasteiger partial charge >= 0.3 is 5.69 Å². The molecule has 0 aliphatic rings. The number of aryl methyl sites for hydroxylation is 1. The molecule has 0 bridgehead atoms. The van der Waals surface area contributed by atoms with E-state index in [0.717, 1.165) is 5.56 Å². The molecule has 0 spiro atoms. The van der Waals surface area contributed by atoms with E-state index >= 15 is 0 Å². The first-order valence-corrected chi connectivity index (χ1v) is 7.05. The molecule has 0 saturated heterocycles. The predicted octanol–water partition coefficient (Wildman–Crippen LogP) is 3.86. The van der Waals surface area contributed by atoms with E-state index < -0.39 is 4.92 Å². The Balaban J connectivity index is 2.28. The summed E-state index contributed by atoms with van der Waals surface area (Å²) in [5.74, 6) is 1.33. The molecule has 0 atom stereocenters. The van der Waals surface area contributed by atoms with E-state index in [9.17, 15) is 10.1 Å². The number of nitrogens with zero attached hydrogens (tertiary/aromatic N) is 2. The van der Waals surface area contributed by atoms with Crippen LogP contribution in [0.2, 0.25) is 0 Å². The van der Waals surface area contributed by atoms with Gasteiger partial charge in [-0.25, -0.2) is 0 Å². The summed E-state index contributed by atoms with van der Waals surface area (Å²) in [6.07, 6.45) is 3.23. The molecule has 1 heterocycles. The summed E-state index contributed by atoms with van der Waals surface area (Å²) in [6.45, 7) is 5.39. The highest BCUT2D eigenvalue weighted by molar-refractivity contribution is 5.72. The SMILES string of the molecule is COc1cc(C=Cc2onc(C)c2[N+](=O)[O-])ccc1OC(C)C. The van der Waals surface area contributed by atoms with Crippen molar-refractivity contribution in [2.45, 2.75) is 26.9 Å². The summed E-state index contributed by atoms with van der Waals surface area (Å²) in [7, 11) is 1.56. The van der Waals surface area contributed by atoms with Gasteiger partial charge in [-0.1, -0.05) is 17.3 Å². The molecule has 0 unspecified atom stereocenters. The topological polar surface area (TPSA) is 87.6 Å². The van der Waals surface area contributed by atoms with E-state index in [2.05, 4.69) is 5.16 Å². The van der Waals surface area contributed by atoms with E-state index in [1.54, 1.807) is 25.3 Å². The van der Waals surface area contributed by atoms with Crippen LogP contribution in [0, 0.1) is 17.0 Å². The van der Waals surface area contributed by atoms with Crippen LogP contribution in [-0.4, -0.2) is 23.3 Å². The predicted molar refractivity (Wildman–Crippen MR) is 85.6 cm³/mol. The highest BCUT2D eigenvalue weighted by Crippen LogP contribution is 2.30. The van der Waals surface area contributed by atoms with Crippen LogP contribution in [0.3, 0.4) is 0 Å². The van der Waals surface area contributed by atoms with E-state index in [4.69, 9.17) is 14.0 Å². The largest absolute Gasteiger partial charge is 0.493 e. The van der Waals surface area contributed by atoms with Gasteiger partial charge in [-0.15, -0.1) is 0 Å². The number of rotatable bonds is 6. The van der Waals surface area contributed by atoms with Gasteiger partial charge in [0.25, 0.3) is 0 Å². The third-order valence-corrected chi connectivity index (χ3v) is 3.02. The van der Waals surface area contributed by atoms with Crippen molar-refractivity contribution >= 4 is 17.8 Å². The van der Waals surface area contributed by atoms with Crippen LogP contribution >= 0.6 is 0 Å². The average molecular weight is 318 g/mol. The van der Waals surface area contributed by atoms with Crippen LogP contribution < -0.4 is 9.47 Å². The molecule has 0 N–H and O–H groups in total. The molecular weight excluding hydrogens is 300 g/mol. The lowest BCUT2D eigenvalue weighted by atomic mass is 10.1. The lowest BCUT2D eigenvalue weighted by Crippen LogP contribution is -2.06. The van der Waals surface area contributed by atoms with Crippen LogP contribution in [0.1, 0.15) is 30.9 Å². The van der Waals surface area contributed by atoms with Gasteiger partial charge in [-0.05, 0) is 44.5 Å². The molecule has 122 valence electrons. The van der Waals surface area contributed by atoms with Crippen molar-refractivity contribution in [1.29, 1.82) is 0 Å². The molecule has 0 amide bonds. The molecule has 2 rings (SSSR count). The number of hydrogen-bond acceptors (Lipinski definition) is 6. The molecule has 0 saturated carbocycles. The molecule has 0 aliphatic carbocycles. The Kier molecular flexibility index (Phi) is 5.00. The average Bonchev–Trinajstić information content (AvgIpc) is 2.86. The van der Waals surface area contributed by atoms with Gasteiger partial charge in [0.05, 0.1) is 18.1 Å². The summed E-state index contributed by atoms with van der Waals surface area (Å²) in [5, 5.41) is 14.6. The first kappa shape index (κ1) is 16.5. The highest BCUT2D eigenvalue weighted by Gasteiger charge is 2.21. The quantitative estimate of drug-likeness (QED) is 0.593. The Morgan fingerprint density at radius 3 is 2.65 bits per heavy atom. The molecule has 0 radical (unpaired) electrons.